The van der Waals surface area contributed by atoms with Gasteiger partial charge in [0.05, 0.1) is 20.1 Å². The Kier molecular flexibility index (Phi) is 5.92. The molecular weight excluding hydrogens is 314 g/mol. The van der Waals surface area contributed by atoms with Crippen LogP contribution >= 0.6 is 0 Å². The highest BCUT2D eigenvalue weighted by Gasteiger charge is 2.44. The Morgan fingerprint density at radius 3 is 2.33 bits per heavy atom. The van der Waals surface area contributed by atoms with Crippen LogP contribution in [0, 0.1) is 5.92 Å². The van der Waals surface area contributed by atoms with E-state index in [1.165, 1.54) is 21.1 Å². The quantitative estimate of drug-likeness (QED) is 0.633. The van der Waals surface area contributed by atoms with Gasteiger partial charge in [0, 0.05) is 6.04 Å². The Labute approximate surface area is 140 Å². The summed E-state index contributed by atoms with van der Waals surface area (Å²) >= 11 is 0. The van der Waals surface area contributed by atoms with Crippen LogP contribution in [0.5, 0.6) is 0 Å². The number of hydrogen-bond acceptors (Lipinski definition) is 7. The molecule has 0 radical (unpaired) electrons. The van der Waals surface area contributed by atoms with E-state index in [0.29, 0.717) is 0 Å². The monoisotopic (exact) mass is 335 g/mol. The molecule has 0 amide bonds. The van der Waals surface area contributed by atoms with E-state index in [-0.39, 0.29) is 6.42 Å². The fraction of sp³-hybridized carbons (Fsp3) is 0.471. The third kappa shape index (κ3) is 3.91. The van der Waals surface area contributed by atoms with Crippen LogP contribution < -0.4 is 5.32 Å². The maximum absolute atomic E-state index is 12.5. The van der Waals surface area contributed by atoms with Crippen molar-refractivity contribution >= 4 is 17.9 Å². The fourth-order valence-corrected chi connectivity index (χ4v) is 2.79. The Bertz CT molecular complexity index is 602. The first-order chi connectivity index (χ1) is 11.5. The molecular formula is C17H21NO6. The van der Waals surface area contributed by atoms with Gasteiger partial charge in [0.15, 0.2) is 6.10 Å². The molecule has 0 saturated carbocycles. The zero-order valence-corrected chi connectivity index (χ0v) is 13.9. The molecule has 1 fully saturated rings. The van der Waals surface area contributed by atoms with E-state index in [4.69, 9.17) is 9.47 Å². The van der Waals surface area contributed by atoms with Gasteiger partial charge in [0.25, 0.3) is 0 Å². The van der Waals surface area contributed by atoms with Gasteiger partial charge in [-0.3, -0.25) is 14.9 Å². The summed E-state index contributed by atoms with van der Waals surface area (Å²) in [5.74, 6) is -2.23. The van der Waals surface area contributed by atoms with Crippen LogP contribution in [0.25, 0.3) is 0 Å². The molecule has 1 aliphatic rings. The van der Waals surface area contributed by atoms with E-state index in [1.807, 2.05) is 30.3 Å². The second-order valence-corrected chi connectivity index (χ2v) is 5.58. The minimum atomic E-state index is -1.00. The van der Waals surface area contributed by atoms with Gasteiger partial charge in [0.1, 0.15) is 6.04 Å². The van der Waals surface area contributed by atoms with Gasteiger partial charge >= 0.3 is 17.9 Å². The van der Waals surface area contributed by atoms with Crippen LogP contribution in [0.2, 0.25) is 0 Å². The molecule has 7 nitrogen and oxygen atoms in total. The van der Waals surface area contributed by atoms with Gasteiger partial charge in [-0.2, -0.15) is 0 Å². The molecule has 7 heteroatoms. The molecule has 1 saturated heterocycles. The van der Waals surface area contributed by atoms with Crippen LogP contribution in [0.15, 0.2) is 30.3 Å². The molecule has 1 aromatic carbocycles. The molecule has 130 valence electrons. The summed E-state index contributed by atoms with van der Waals surface area (Å²) in [6.07, 6.45) is -0.769. The van der Waals surface area contributed by atoms with Crippen molar-refractivity contribution in [3.05, 3.63) is 35.9 Å². The second kappa shape index (κ2) is 7.92. The minimum absolute atomic E-state index is 0.235. The summed E-state index contributed by atoms with van der Waals surface area (Å²) in [5.41, 5.74) is 0.858. The van der Waals surface area contributed by atoms with Crippen LogP contribution in [-0.2, 0) is 28.6 Å². The highest BCUT2D eigenvalue weighted by molar-refractivity contribution is 5.83. The van der Waals surface area contributed by atoms with Gasteiger partial charge < -0.3 is 14.2 Å². The molecule has 2 rings (SSSR count). The topological polar surface area (TPSA) is 90.9 Å². The van der Waals surface area contributed by atoms with Crippen molar-refractivity contribution in [3.63, 3.8) is 0 Å². The standard InChI is InChI=1S/C17H21NO6/c1-10(15(19)22-2)24-16(20)12-9-13(17(21)23-3)18-14(12)11-7-5-4-6-8-11/h4-8,10,12-14,18H,9H2,1-3H3/t10-,12+,13+,14+/m0/s1. The lowest BCUT2D eigenvalue weighted by Crippen LogP contribution is -2.33. The van der Waals surface area contributed by atoms with Crippen molar-refractivity contribution in [1.29, 1.82) is 0 Å². The molecule has 4 atom stereocenters. The predicted molar refractivity (Wildman–Crippen MR) is 83.8 cm³/mol. The zero-order chi connectivity index (χ0) is 17.7. The number of carbonyl (C=O) groups excluding carboxylic acids is 3. The largest absolute Gasteiger partial charge is 0.468 e. The van der Waals surface area contributed by atoms with Crippen molar-refractivity contribution in [2.45, 2.75) is 31.5 Å². The van der Waals surface area contributed by atoms with Crippen molar-refractivity contribution in [2.75, 3.05) is 14.2 Å². The number of methoxy groups -OCH3 is 2. The van der Waals surface area contributed by atoms with Gasteiger partial charge in [-0.1, -0.05) is 30.3 Å². The number of benzene rings is 1. The van der Waals surface area contributed by atoms with E-state index in [2.05, 4.69) is 10.1 Å². The fourth-order valence-electron chi connectivity index (χ4n) is 2.79. The second-order valence-electron chi connectivity index (χ2n) is 5.58. The molecule has 0 unspecified atom stereocenters. The summed E-state index contributed by atoms with van der Waals surface area (Å²) in [7, 11) is 2.52. The normalized spacial score (nSPS) is 24.0. The first kappa shape index (κ1) is 17.9. The molecule has 0 spiro atoms. The number of rotatable bonds is 5. The summed E-state index contributed by atoms with van der Waals surface area (Å²) < 4.78 is 14.5. The van der Waals surface area contributed by atoms with Gasteiger partial charge in [-0.15, -0.1) is 0 Å². The lowest BCUT2D eigenvalue weighted by molar-refractivity contribution is -0.167. The molecule has 1 N–H and O–H groups in total. The highest BCUT2D eigenvalue weighted by Crippen LogP contribution is 2.34. The molecule has 24 heavy (non-hydrogen) atoms. The van der Waals surface area contributed by atoms with E-state index >= 15 is 0 Å². The Balaban J connectivity index is 2.18. The number of esters is 3. The maximum atomic E-state index is 12.5. The third-order valence-electron chi connectivity index (χ3n) is 4.05. The third-order valence-corrected chi connectivity index (χ3v) is 4.05. The first-order valence-electron chi connectivity index (χ1n) is 7.65. The maximum Gasteiger partial charge on any atom is 0.346 e. The van der Waals surface area contributed by atoms with Crippen LogP contribution in [0.1, 0.15) is 24.9 Å². The summed E-state index contributed by atoms with van der Waals surface area (Å²) in [6, 6.07) is 8.29. The van der Waals surface area contributed by atoms with Crippen LogP contribution in [0.4, 0.5) is 0 Å². The first-order valence-corrected chi connectivity index (χ1v) is 7.65. The van der Waals surface area contributed by atoms with Crippen LogP contribution in [0.3, 0.4) is 0 Å². The lowest BCUT2D eigenvalue weighted by atomic mass is 9.93. The van der Waals surface area contributed by atoms with Crippen molar-refractivity contribution in [3.8, 4) is 0 Å². The van der Waals surface area contributed by atoms with Gasteiger partial charge in [-0.25, -0.2) is 4.79 Å². The SMILES string of the molecule is COC(=O)[C@H](C)OC(=O)[C@@H]1C[C@H](C(=O)OC)N[C@@H]1c1ccccc1. The van der Waals surface area contributed by atoms with Crippen molar-refractivity contribution in [2.24, 2.45) is 5.92 Å². The van der Waals surface area contributed by atoms with Gasteiger partial charge in [0.2, 0.25) is 0 Å². The van der Waals surface area contributed by atoms with E-state index < -0.39 is 42.0 Å². The molecule has 0 bridgehead atoms. The van der Waals surface area contributed by atoms with Gasteiger partial charge in [-0.05, 0) is 18.9 Å². The van der Waals surface area contributed by atoms with Crippen molar-refractivity contribution < 1.29 is 28.6 Å². The molecule has 0 aromatic heterocycles. The van der Waals surface area contributed by atoms with E-state index in [0.717, 1.165) is 5.56 Å². The molecule has 1 aromatic rings. The van der Waals surface area contributed by atoms with E-state index in [1.54, 1.807) is 0 Å². The number of ether oxygens (including phenoxy) is 3. The zero-order valence-electron chi connectivity index (χ0n) is 13.9. The lowest BCUT2D eigenvalue weighted by Gasteiger charge is -2.20. The summed E-state index contributed by atoms with van der Waals surface area (Å²) in [4.78, 5) is 35.8. The number of hydrogen-bond donors (Lipinski definition) is 1. The highest BCUT2D eigenvalue weighted by atomic mass is 16.6. The van der Waals surface area contributed by atoms with E-state index in [9.17, 15) is 14.4 Å². The summed E-state index contributed by atoms with van der Waals surface area (Å²) in [5, 5.41) is 3.11. The predicted octanol–water partition coefficient (Wildman–Crippen LogP) is 0.983. The smallest absolute Gasteiger partial charge is 0.346 e. The molecule has 1 heterocycles. The average molecular weight is 335 g/mol. The Morgan fingerprint density at radius 1 is 1.08 bits per heavy atom. The molecule has 1 aliphatic heterocycles. The Morgan fingerprint density at radius 2 is 1.75 bits per heavy atom. The average Bonchev–Trinajstić information content (AvgIpc) is 3.06. The summed E-state index contributed by atoms with van der Waals surface area (Å²) in [6.45, 7) is 1.45. The number of carbonyl (C=O) groups is 3. The number of nitrogens with one attached hydrogen (secondary N) is 1. The van der Waals surface area contributed by atoms with Crippen LogP contribution in [-0.4, -0.2) is 44.3 Å². The minimum Gasteiger partial charge on any atom is -0.468 e. The van der Waals surface area contributed by atoms with Crippen molar-refractivity contribution in [1.82, 2.24) is 5.32 Å². The molecule has 0 aliphatic carbocycles. The Hall–Kier alpha value is -2.41.